The van der Waals surface area contributed by atoms with Gasteiger partial charge in [-0.15, -0.1) is 0 Å². The minimum atomic E-state index is -0.490. The lowest BCUT2D eigenvalue weighted by Gasteiger charge is -2.47. The Morgan fingerprint density at radius 1 is 1.03 bits per heavy atom. The summed E-state index contributed by atoms with van der Waals surface area (Å²) < 4.78 is 28.1. The van der Waals surface area contributed by atoms with Crippen LogP contribution in [0.25, 0.3) is 0 Å². The average Bonchev–Trinajstić information content (AvgIpc) is 3.24. The number of benzene rings is 2. The number of aromatic hydroxyl groups is 1. The van der Waals surface area contributed by atoms with Crippen LogP contribution in [0.2, 0.25) is 0 Å². The quantitative estimate of drug-likeness (QED) is 0.547. The van der Waals surface area contributed by atoms with Crippen molar-refractivity contribution >= 4 is 11.3 Å². The molecule has 31 heavy (non-hydrogen) atoms. The second kappa shape index (κ2) is 9.07. The van der Waals surface area contributed by atoms with E-state index in [-0.39, 0.29) is 29.4 Å². The molecule has 0 spiro atoms. The number of piperazine rings is 1. The standard InChI is InChI=1S/C25H28F2N2OS/c1-16-13-29(25(21-7-8-31-15-21)20-5-4-6-22(30)11-20)17(2)12-28(16)14-19-9-23(26)18(3)24(27)10-19/h4-11,15-17,25,30H,12-14H2,1-3H3/t16-,17+,25?/m1/s1. The summed E-state index contributed by atoms with van der Waals surface area (Å²) in [5.74, 6) is -0.716. The molecule has 6 heteroatoms. The van der Waals surface area contributed by atoms with Gasteiger partial charge < -0.3 is 5.11 Å². The van der Waals surface area contributed by atoms with Gasteiger partial charge in [0, 0.05) is 37.3 Å². The molecule has 1 fully saturated rings. The topological polar surface area (TPSA) is 26.7 Å². The molecular formula is C25H28F2N2OS. The highest BCUT2D eigenvalue weighted by atomic mass is 32.1. The number of halogens is 2. The van der Waals surface area contributed by atoms with Gasteiger partial charge in [0.25, 0.3) is 0 Å². The molecule has 0 radical (unpaired) electrons. The van der Waals surface area contributed by atoms with E-state index in [1.54, 1.807) is 17.4 Å². The van der Waals surface area contributed by atoms with Crippen molar-refractivity contribution in [2.75, 3.05) is 13.1 Å². The molecule has 0 amide bonds. The summed E-state index contributed by atoms with van der Waals surface area (Å²) in [5.41, 5.74) is 3.01. The first-order valence-electron chi connectivity index (χ1n) is 10.6. The zero-order valence-corrected chi connectivity index (χ0v) is 18.9. The van der Waals surface area contributed by atoms with Crippen LogP contribution in [0.4, 0.5) is 8.78 Å². The van der Waals surface area contributed by atoms with E-state index in [1.807, 2.05) is 12.1 Å². The van der Waals surface area contributed by atoms with Crippen LogP contribution in [0.3, 0.4) is 0 Å². The van der Waals surface area contributed by atoms with Gasteiger partial charge in [0.15, 0.2) is 0 Å². The van der Waals surface area contributed by atoms with E-state index in [1.165, 1.54) is 24.6 Å². The van der Waals surface area contributed by atoms with Crippen LogP contribution in [0.15, 0.2) is 53.2 Å². The van der Waals surface area contributed by atoms with Crippen LogP contribution in [0, 0.1) is 18.6 Å². The second-order valence-electron chi connectivity index (χ2n) is 8.56. The van der Waals surface area contributed by atoms with Crippen molar-refractivity contribution in [1.82, 2.24) is 9.80 Å². The Morgan fingerprint density at radius 2 is 1.77 bits per heavy atom. The first-order chi connectivity index (χ1) is 14.8. The molecule has 0 bridgehead atoms. The van der Waals surface area contributed by atoms with E-state index >= 15 is 0 Å². The first kappa shape index (κ1) is 21.9. The molecule has 3 nitrogen and oxygen atoms in total. The molecule has 4 rings (SSSR count). The molecule has 0 saturated carbocycles. The molecule has 1 unspecified atom stereocenters. The largest absolute Gasteiger partial charge is 0.508 e. The molecule has 1 aliphatic heterocycles. The number of hydrogen-bond acceptors (Lipinski definition) is 4. The minimum absolute atomic E-state index is 0.0483. The average molecular weight is 443 g/mol. The van der Waals surface area contributed by atoms with Gasteiger partial charge in [-0.05, 0) is 78.6 Å². The van der Waals surface area contributed by atoms with E-state index in [0.29, 0.717) is 12.1 Å². The van der Waals surface area contributed by atoms with E-state index < -0.39 is 11.6 Å². The van der Waals surface area contributed by atoms with Crippen molar-refractivity contribution in [3.63, 3.8) is 0 Å². The molecule has 2 aromatic carbocycles. The van der Waals surface area contributed by atoms with E-state index in [2.05, 4.69) is 46.5 Å². The van der Waals surface area contributed by atoms with Gasteiger partial charge in [0.2, 0.25) is 0 Å². The van der Waals surface area contributed by atoms with Crippen LogP contribution in [0.5, 0.6) is 5.75 Å². The summed E-state index contributed by atoms with van der Waals surface area (Å²) in [6.45, 7) is 7.93. The number of rotatable bonds is 5. The fourth-order valence-electron chi connectivity index (χ4n) is 4.53. The van der Waals surface area contributed by atoms with Crippen LogP contribution < -0.4 is 0 Å². The minimum Gasteiger partial charge on any atom is -0.508 e. The monoisotopic (exact) mass is 442 g/mol. The van der Waals surface area contributed by atoms with Crippen molar-refractivity contribution in [2.24, 2.45) is 0 Å². The lowest BCUT2D eigenvalue weighted by molar-refractivity contribution is 0.0195. The van der Waals surface area contributed by atoms with Crippen molar-refractivity contribution in [2.45, 2.75) is 45.4 Å². The molecule has 0 aliphatic carbocycles. The summed E-state index contributed by atoms with van der Waals surface area (Å²) in [7, 11) is 0. The maximum absolute atomic E-state index is 14.0. The number of phenolic OH excluding ortho intramolecular Hbond substituents is 1. The van der Waals surface area contributed by atoms with Crippen LogP contribution >= 0.6 is 11.3 Å². The smallest absolute Gasteiger partial charge is 0.129 e. The Bertz CT molecular complexity index is 1020. The van der Waals surface area contributed by atoms with Gasteiger partial charge in [-0.2, -0.15) is 11.3 Å². The summed E-state index contributed by atoms with van der Waals surface area (Å²) in [5, 5.41) is 14.3. The van der Waals surface area contributed by atoms with E-state index in [0.717, 1.165) is 18.7 Å². The molecule has 1 N–H and O–H groups in total. The maximum atomic E-state index is 14.0. The third-order valence-electron chi connectivity index (χ3n) is 6.27. The summed E-state index contributed by atoms with van der Waals surface area (Å²) >= 11 is 1.67. The molecule has 3 aromatic rings. The number of hydrogen-bond donors (Lipinski definition) is 1. The fraction of sp³-hybridized carbons (Fsp3) is 0.360. The molecule has 164 valence electrons. The van der Waals surface area contributed by atoms with Gasteiger partial charge >= 0.3 is 0 Å². The third kappa shape index (κ3) is 4.66. The van der Waals surface area contributed by atoms with E-state index in [9.17, 15) is 13.9 Å². The zero-order valence-electron chi connectivity index (χ0n) is 18.1. The Hall–Kier alpha value is -2.28. The molecule has 2 heterocycles. The third-order valence-corrected chi connectivity index (χ3v) is 6.97. The molecule has 1 aromatic heterocycles. The van der Waals surface area contributed by atoms with Crippen LogP contribution in [-0.4, -0.2) is 40.1 Å². The van der Waals surface area contributed by atoms with E-state index in [4.69, 9.17) is 0 Å². The molecule has 1 aliphatic rings. The van der Waals surface area contributed by atoms with Gasteiger partial charge in [-0.25, -0.2) is 8.78 Å². The predicted octanol–water partition coefficient (Wildman–Crippen LogP) is 5.72. The molecule has 1 saturated heterocycles. The van der Waals surface area contributed by atoms with Gasteiger partial charge in [0.05, 0.1) is 6.04 Å². The van der Waals surface area contributed by atoms with Crippen molar-refractivity contribution < 1.29 is 13.9 Å². The van der Waals surface area contributed by atoms with Crippen molar-refractivity contribution in [3.05, 3.63) is 87.1 Å². The van der Waals surface area contributed by atoms with Gasteiger partial charge in [-0.1, -0.05) is 12.1 Å². The maximum Gasteiger partial charge on any atom is 0.129 e. The fourth-order valence-corrected chi connectivity index (χ4v) is 5.21. The Kier molecular flexibility index (Phi) is 6.42. The zero-order chi connectivity index (χ0) is 22.1. The van der Waals surface area contributed by atoms with Gasteiger partial charge in [-0.3, -0.25) is 9.80 Å². The Labute approximate surface area is 186 Å². The highest BCUT2D eigenvalue weighted by Crippen LogP contribution is 2.35. The SMILES string of the molecule is Cc1c(F)cc(CN2C[C@H](C)N(C(c3ccsc3)c3cccc(O)c3)C[C@H]2C)cc1F. The first-order valence-corrected chi connectivity index (χ1v) is 11.5. The predicted molar refractivity (Wildman–Crippen MR) is 121 cm³/mol. The number of nitrogens with zero attached hydrogens (tertiary/aromatic N) is 2. The van der Waals surface area contributed by atoms with Crippen molar-refractivity contribution in [1.29, 1.82) is 0 Å². The lowest BCUT2D eigenvalue weighted by Crippen LogP contribution is -2.56. The highest BCUT2D eigenvalue weighted by Gasteiger charge is 2.35. The van der Waals surface area contributed by atoms with Crippen LogP contribution in [-0.2, 0) is 6.54 Å². The summed E-state index contributed by atoms with van der Waals surface area (Å²) in [4.78, 5) is 4.76. The highest BCUT2D eigenvalue weighted by molar-refractivity contribution is 7.08. The Morgan fingerprint density at radius 3 is 2.42 bits per heavy atom. The molecular weight excluding hydrogens is 414 g/mol. The lowest BCUT2D eigenvalue weighted by atomic mass is 9.95. The summed E-state index contributed by atoms with van der Waals surface area (Å²) in [6, 6.07) is 13.0. The number of phenols is 1. The Balaban J connectivity index is 1.57. The normalized spacial score (nSPS) is 21.3. The molecule has 3 atom stereocenters. The van der Waals surface area contributed by atoms with Gasteiger partial charge in [0.1, 0.15) is 17.4 Å². The van der Waals surface area contributed by atoms with Crippen LogP contribution in [0.1, 0.15) is 42.1 Å². The number of thiophene rings is 1. The second-order valence-corrected chi connectivity index (χ2v) is 9.34. The summed E-state index contributed by atoms with van der Waals surface area (Å²) in [6.07, 6.45) is 0. The van der Waals surface area contributed by atoms with Crippen molar-refractivity contribution in [3.8, 4) is 5.75 Å².